The molecular weight excluding hydrogens is 464 g/mol. The number of esters is 2. The van der Waals surface area contributed by atoms with Crippen LogP contribution in [0.25, 0.3) is 0 Å². The Balaban J connectivity index is -0.000000172. The van der Waals surface area contributed by atoms with E-state index in [2.05, 4.69) is 16.1 Å². The van der Waals surface area contributed by atoms with Gasteiger partial charge in [0.25, 0.3) is 0 Å². The zero-order valence-corrected chi connectivity index (χ0v) is 20.8. The molecule has 11 heteroatoms. The fourth-order valence-corrected chi connectivity index (χ4v) is 1.48. The summed E-state index contributed by atoms with van der Waals surface area (Å²) in [5.74, 6) is -0.573. The molecule has 3 N–H and O–H groups in total. The number of carboxylic acids is 1. The van der Waals surface area contributed by atoms with Crippen LogP contribution >= 0.6 is 0 Å². The van der Waals surface area contributed by atoms with Gasteiger partial charge in [-0.2, -0.15) is 0 Å². The molecule has 0 saturated heterocycles. The van der Waals surface area contributed by atoms with Crippen molar-refractivity contribution in [3.8, 4) is 0 Å². The molecule has 0 amide bonds. The number of hydrogen-bond acceptors (Lipinski definition) is 9. The molecule has 0 aromatic rings. The Labute approximate surface area is 205 Å². The van der Waals surface area contributed by atoms with Crippen molar-refractivity contribution >= 4 is 41.5 Å². The number of carbonyl (C=O) groups excluding carboxylic acids is 6. The van der Waals surface area contributed by atoms with Crippen LogP contribution in [0.5, 0.6) is 0 Å². The molecule has 0 saturated carbocycles. The van der Waals surface area contributed by atoms with Crippen molar-refractivity contribution in [1.82, 2.24) is 0 Å². The van der Waals surface area contributed by atoms with Gasteiger partial charge in [0, 0.05) is 17.3 Å². The molecular formula is C24H35O11+. The summed E-state index contributed by atoms with van der Waals surface area (Å²) in [7, 11) is 0. The van der Waals surface area contributed by atoms with Crippen LogP contribution in [0.1, 0.15) is 66.7 Å². The number of Topliss-reactive ketones (excluding diaryl/α,β-unsaturated/α-hetero) is 2. The number of carbonyl (C=O) groups is 6. The summed E-state index contributed by atoms with van der Waals surface area (Å²) in [5, 5.41) is 8.01. The van der Waals surface area contributed by atoms with Crippen LogP contribution in [-0.2, 0) is 43.0 Å². The van der Waals surface area contributed by atoms with Crippen molar-refractivity contribution in [2.45, 2.75) is 72.8 Å². The quantitative estimate of drug-likeness (QED) is 0.308. The van der Waals surface area contributed by atoms with E-state index in [0.29, 0.717) is 12.8 Å². The molecule has 0 aliphatic carbocycles. The van der Waals surface area contributed by atoms with Crippen molar-refractivity contribution in [2.75, 3.05) is 0 Å². The summed E-state index contributed by atoms with van der Waals surface area (Å²) in [6.07, 6.45) is 8.96. The Kier molecular flexibility index (Phi) is 27.3. The van der Waals surface area contributed by atoms with Crippen LogP contribution in [0, 0.1) is 0 Å². The summed E-state index contributed by atoms with van der Waals surface area (Å²) in [6.45, 7) is 11.1. The second-order valence-electron chi connectivity index (χ2n) is 6.75. The predicted molar refractivity (Wildman–Crippen MR) is 127 cm³/mol. The van der Waals surface area contributed by atoms with Gasteiger partial charge >= 0.3 is 24.2 Å². The Morgan fingerprint density at radius 3 is 1.74 bits per heavy atom. The van der Waals surface area contributed by atoms with Gasteiger partial charge < -0.3 is 24.9 Å². The SMILES string of the molecule is C=CC(C)=O.CC(=O)CCC(=O)O.CC(=O)CC[C+]=O.CC1=CCC(=O)O1.CC1C=CC(=O)O1.O. The first-order valence-corrected chi connectivity index (χ1v) is 10.2. The lowest BCUT2D eigenvalue weighted by Gasteiger charge is -1.95. The maximum Gasteiger partial charge on any atom is 0.506 e. The minimum absolute atomic E-state index is 0. The maximum absolute atomic E-state index is 10.2. The van der Waals surface area contributed by atoms with Gasteiger partial charge in [-0.15, -0.1) is 0 Å². The molecule has 1 atom stereocenters. The number of ether oxygens (including phenoxy) is 2. The fraction of sp³-hybridized carbons (Fsp3) is 0.458. The Morgan fingerprint density at radius 2 is 1.63 bits per heavy atom. The van der Waals surface area contributed by atoms with E-state index in [1.165, 1.54) is 32.9 Å². The van der Waals surface area contributed by atoms with Gasteiger partial charge in [-0.25, -0.2) is 4.79 Å². The molecule has 0 spiro atoms. The van der Waals surface area contributed by atoms with Crippen molar-refractivity contribution in [2.24, 2.45) is 0 Å². The third kappa shape index (κ3) is 37.8. The topological polar surface area (TPSA) is 190 Å². The highest BCUT2D eigenvalue weighted by atomic mass is 16.5. The number of aliphatic carboxylic acids is 1. The van der Waals surface area contributed by atoms with Gasteiger partial charge in [0.1, 0.15) is 23.4 Å². The lowest BCUT2D eigenvalue weighted by molar-refractivity contribution is -0.139. The van der Waals surface area contributed by atoms with Crippen LogP contribution < -0.4 is 0 Å². The van der Waals surface area contributed by atoms with E-state index in [1.807, 2.05) is 6.92 Å². The lowest BCUT2D eigenvalue weighted by Crippen LogP contribution is -2.00. The molecule has 35 heavy (non-hydrogen) atoms. The molecule has 0 radical (unpaired) electrons. The van der Waals surface area contributed by atoms with Crippen molar-refractivity contribution in [3.05, 3.63) is 36.6 Å². The first-order chi connectivity index (χ1) is 15.7. The molecule has 2 rings (SSSR count). The standard InChI is InChI=1S/C5H8O3.2C5H6O2.C5H7O2.C4H6O.H2O/c1-4(6)2-3-5(7)8;2*1-4-2-3-5(6)7-4;1-5(7)3-2-4-6;1-3-4(2)5;/h2-3H2,1H3,(H,7,8);2H,3H2,1H3;2-4H,1H3;2-3H2,1H3;3H,1H2,2H3;1H2/q;;;+1;;. The summed E-state index contributed by atoms with van der Waals surface area (Å²) in [6, 6.07) is 0. The maximum atomic E-state index is 10.2. The first kappa shape index (κ1) is 38.4. The highest BCUT2D eigenvalue weighted by Gasteiger charge is 2.09. The summed E-state index contributed by atoms with van der Waals surface area (Å²) < 4.78 is 9.19. The number of allylic oxidation sites excluding steroid dienone is 2. The zero-order valence-electron chi connectivity index (χ0n) is 20.8. The normalized spacial score (nSPS) is 13.9. The molecule has 0 aromatic heterocycles. The van der Waals surface area contributed by atoms with Gasteiger partial charge in [0.2, 0.25) is 6.42 Å². The van der Waals surface area contributed by atoms with Gasteiger partial charge in [0.15, 0.2) is 5.78 Å². The largest absolute Gasteiger partial charge is 0.506 e. The van der Waals surface area contributed by atoms with Crippen molar-refractivity contribution in [1.29, 1.82) is 0 Å². The molecule has 196 valence electrons. The molecule has 11 nitrogen and oxygen atoms in total. The molecule has 0 bridgehead atoms. The predicted octanol–water partition coefficient (Wildman–Crippen LogP) is 2.17. The van der Waals surface area contributed by atoms with E-state index in [9.17, 15) is 33.6 Å². The van der Waals surface area contributed by atoms with Crippen LogP contribution in [0.4, 0.5) is 0 Å². The van der Waals surface area contributed by atoms with Gasteiger partial charge in [0.05, 0.1) is 19.3 Å². The first-order valence-electron chi connectivity index (χ1n) is 10.2. The smallest absolute Gasteiger partial charge is 0.481 e. The summed E-state index contributed by atoms with van der Waals surface area (Å²) in [4.78, 5) is 69.3. The second kappa shape index (κ2) is 24.8. The van der Waals surface area contributed by atoms with E-state index in [0.717, 1.165) is 5.76 Å². The molecule has 0 aromatic carbocycles. The Hall–Kier alpha value is -3.82. The third-order valence-electron chi connectivity index (χ3n) is 3.19. The minimum Gasteiger partial charge on any atom is -0.481 e. The van der Waals surface area contributed by atoms with E-state index in [4.69, 9.17) is 5.11 Å². The van der Waals surface area contributed by atoms with Crippen LogP contribution in [0.15, 0.2) is 36.6 Å². The molecule has 0 fully saturated rings. The Bertz CT molecular complexity index is 762. The molecule has 2 heterocycles. The van der Waals surface area contributed by atoms with Crippen molar-refractivity contribution in [3.63, 3.8) is 0 Å². The van der Waals surface area contributed by atoms with Gasteiger partial charge in [-0.1, -0.05) is 6.58 Å². The zero-order chi connectivity index (χ0) is 27.1. The van der Waals surface area contributed by atoms with Crippen LogP contribution in [0.3, 0.4) is 0 Å². The van der Waals surface area contributed by atoms with Gasteiger partial charge in [-0.05, 0) is 52.8 Å². The third-order valence-corrected chi connectivity index (χ3v) is 3.19. The van der Waals surface area contributed by atoms with Crippen molar-refractivity contribution < 1.29 is 53.6 Å². The highest BCUT2D eigenvalue weighted by molar-refractivity contribution is 5.86. The average Bonchev–Trinajstić information content (AvgIpc) is 3.32. The highest BCUT2D eigenvalue weighted by Crippen LogP contribution is 2.07. The molecule has 2 aliphatic heterocycles. The van der Waals surface area contributed by atoms with E-state index in [1.54, 1.807) is 25.4 Å². The summed E-state index contributed by atoms with van der Waals surface area (Å²) in [5.41, 5.74) is 0. The second-order valence-corrected chi connectivity index (χ2v) is 6.75. The van der Waals surface area contributed by atoms with E-state index >= 15 is 0 Å². The Morgan fingerprint density at radius 1 is 1.11 bits per heavy atom. The lowest BCUT2D eigenvalue weighted by atomic mass is 10.2. The van der Waals surface area contributed by atoms with E-state index < -0.39 is 5.97 Å². The minimum atomic E-state index is -0.916. The molecule has 1 unspecified atom stereocenters. The van der Waals surface area contributed by atoms with Crippen LogP contribution in [-0.4, -0.2) is 58.2 Å². The number of carboxylic acid groups (broad SMARTS) is 1. The number of cyclic esters (lactones) is 2. The summed E-state index contributed by atoms with van der Waals surface area (Å²) >= 11 is 0. The molecule has 2 aliphatic rings. The fourth-order valence-electron chi connectivity index (χ4n) is 1.48. The number of ketones is 3. The average molecular weight is 500 g/mol. The number of hydrogen-bond donors (Lipinski definition) is 1. The number of rotatable bonds is 7. The van der Waals surface area contributed by atoms with Gasteiger partial charge in [-0.3, -0.25) is 19.2 Å². The monoisotopic (exact) mass is 499 g/mol. The van der Waals surface area contributed by atoms with E-state index in [-0.39, 0.29) is 60.1 Å². The van der Waals surface area contributed by atoms with Crippen LogP contribution in [0.2, 0.25) is 0 Å².